The highest BCUT2D eigenvalue weighted by Crippen LogP contribution is 2.26. The molecule has 0 bridgehead atoms. The molecule has 0 aromatic carbocycles. The average molecular weight is 280 g/mol. The molecule has 1 aliphatic rings. The second-order valence-electron chi connectivity index (χ2n) is 5.20. The number of aromatic amines is 1. The van der Waals surface area contributed by atoms with Crippen LogP contribution in [0.5, 0.6) is 0 Å². The zero-order valence-electron chi connectivity index (χ0n) is 11.5. The van der Waals surface area contributed by atoms with Crippen molar-refractivity contribution in [3.8, 4) is 11.3 Å². The van der Waals surface area contributed by atoms with Gasteiger partial charge in [-0.3, -0.25) is 0 Å². The van der Waals surface area contributed by atoms with Crippen molar-refractivity contribution in [2.24, 2.45) is 0 Å². The van der Waals surface area contributed by atoms with E-state index in [1.54, 1.807) is 12.4 Å². The summed E-state index contributed by atoms with van der Waals surface area (Å²) in [5.41, 5.74) is 2.83. The van der Waals surface area contributed by atoms with E-state index < -0.39 is 0 Å². The van der Waals surface area contributed by atoms with Gasteiger partial charge in [0.15, 0.2) is 0 Å². The molecule has 3 aromatic rings. The van der Waals surface area contributed by atoms with Gasteiger partial charge in [-0.2, -0.15) is 0 Å². The first kappa shape index (κ1) is 12.3. The monoisotopic (exact) mass is 280 g/mol. The van der Waals surface area contributed by atoms with E-state index in [4.69, 9.17) is 0 Å². The minimum Gasteiger partial charge on any atom is -0.350 e. The van der Waals surface area contributed by atoms with Gasteiger partial charge < -0.3 is 15.6 Å². The maximum atomic E-state index is 4.63. The summed E-state index contributed by atoms with van der Waals surface area (Å²) >= 11 is 0. The maximum absolute atomic E-state index is 4.63. The first-order chi connectivity index (χ1) is 10.4. The third-order valence-corrected chi connectivity index (χ3v) is 3.78. The van der Waals surface area contributed by atoms with Gasteiger partial charge in [0, 0.05) is 42.1 Å². The first-order valence-electron chi connectivity index (χ1n) is 7.13. The fraction of sp³-hybridized carbons (Fsp3) is 0.267. The van der Waals surface area contributed by atoms with Crippen LogP contribution in [0.4, 0.5) is 5.95 Å². The van der Waals surface area contributed by atoms with Gasteiger partial charge in [0.1, 0.15) is 5.65 Å². The molecule has 0 aliphatic carbocycles. The number of hydrogen-bond acceptors (Lipinski definition) is 5. The summed E-state index contributed by atoms with van der Waals surface area (Å²) in [4.78, 5) is 16.4. The highest BCUT2D eigenvalue weighted by molar-refractivity contribution is 5.92. The lowest BCUT2D eigenvalue weighted by Crippen LogP contribution is -2.23. The lowest BCUT2D eigenvalue weighted by Gasteiger charge is -2.11. The number of hydrogen-bond donors (Lipinski definition) is 3. The summed E-state index contributed by atoms with van der Waals surface area (Å²) in [6.07, 6.45) is 6.62. The van der Waals surface area contributed by atoms with Crippen LogP contribution in [0.1, 0.15) is 6.42 Å². The zero-order chi connectivity index (χ0) is 14.1. The number of nitrogens with one attached hydrogen (secondary N) is 3. The molecule has 0 saturated carbocycles. The molecule has 0 amide bonds. The SMILES string of the molecule is c1cnc2[nH]cc(-c3ccnc(NC4CCNC4)n3)c2c1. The summed E-state index contributed by atoms with van der Waals surface area (Å²) in [5, 5.41) is 7.78. The summed E-state index contributed by atoms with van der Waals surface area (Å²) < 4.78 is 0. The Balaban J connectivity index is 1.68. The second-order valence-corrected chi connectivity index (χ2v) is 5.20. The van der Waals surface area contributed by atoms with Crippen LogP contribution in [0.2, 0.25) is 0 Å². The Labute approximate surface area is 122 Å². The van der Waals surface area contributed by atoms with Gasteiger partial charge in [-0.05, 0) is 31.2 Å². The molecule has 1 atom stereocenters. The smallest absolute Gasteiger partial charge is 0.223 e. The summed E-state index contributed by atoms with van der Waals surface area (Å²) in [6.45, 7) is 2.01. The van der Waals surface area contributed by atoms with Gasteiger partial charge in [0.05, 0.1) is 5.69 Å². The Morgan fingerprint density at radius 3 is 3.10 bits per heavy atom. The third kappa shape index (κ3) is 2.34. The number of anilines is 1. The summed E-state index contributed by atoms with van der Waals surface area (Å²) in [6, 6.07) is 6.31. The van der Waals surface area contributed by atoms with Crippen LogP contribution >= 0.6 is 0 Å². The van der Waals surface area contributed by atoms with Crippen molar-refractivity contribution in [1.82, 2.24) is 25.3 Å². The quantitative estimate of drug-likeness (QED) is 0.682. The zero-order valence-corrected chi connectivity index (χ0v) is 11.5. The Morgan fingerprint density at radius 2 is 2.19 bits per heavy atom. The number of pyridine rings is 1. The molecule has 1 unspecified atom stereocenters. The molecule has 106 valence electrons. The molecule has 3 aromatic heterocycles. The van der Waals surface area contributed by atoms with Gasteiger partial charge >= 0.3 is 0 Å². The van der Waals surface area contributed by atoms with Crippen molar-refractivity contribution in [1.29, 1.82) is 0 Å². The van der Waals surface area contributed by atoms with Crippen LogP contribution in [0, 0.1) is 0 Å². The normalized spacial score (nSPS) is 18.2. The van der Waals surface area contributed by atoms with Gasteiger partial charge in [0.2, 0.25) is 5.95 Å². The predicted molar refractivity (Wildman–Crippen MR) is 82.0 cm³/mol. The Kier molecular flexibility index (Phi) is 3.01. The number of aromatic nitrogens is 4. The van der Waals surface area contributed by atoms with E-state index in [0.29, 0.717) is 12.0 Å². The van der Waals surface area contributed by atoms with Crippen LogP contribution in [-0.4, -0.2) is 39.1 Å². The van der Waals surface area contributed by atoms with E-state index in [0.717, 1.165) is 41.8 Å². The number of H-pyrrole nitrogens is 1. The summed E-state index contributed by atoms with van der Waals surface area (Å²) in [7, 11) is 0. The Bertz CT molecular complexity index is 759. The number of nitrogens with zero attached hydrogens (tertiary/aromatic N) is 3. The second kappa shape index (κ2) is 5.14. The lowest BCUT2D eigenvalue weighted by atomic mass is 10.1. The molecule has 6 nitrogen and oxygen atoms in total. The van der Waals surface area contributed by atoms with E-state index in [1.165, 1.54) is 0 Å². The fourth-order valence-electron chi connectivity index (χ4n) is 2.71. The third-order valence-electron chi connectivity index (χ3n) is 3.78. The van der Waals surface area contributed by atoms with Crippen molar-refractivity contribution in [2.75, 3.05) is 18.4 Å². The van der Waals surface area contributed by atoms with Gasteiger partial charge in [-0.15, -0.1) is 0 Å². The minimum atomic E-state index is 0.407. The van der Waals surface area contributed by atoms with E-state index in [1.807, 2.05) is 24.4 Å². The Morgan fingerprint density at radius 1 is 1.19 bits per heavy atom. The van der Waals surface area contributed by atoms with Crippen molar-refractivity contribution in [3.63, 3.8) is 0 Å². The maximum Gasteiger partial charge on any atom is 0.223 e. The molecule has 21 heavy (non-hydrogen) atoms. The molecule has 0 spiro atoms. The highest BCUT2D eigenvalue weighted by atomic mass is 15.1. The molecular weight excluding hydrogens is 264 g/mol. The van der Waals surface area contributed by atoms with E-state index in [-0.39, 0.29) is 0 Å². The van der Waals surface area contributed by atoms with Crippen LogP contribution < -0.4 is 10.6 Å². The van der Waals surface area contributed by atoms with Crippen LogP contribution in [-0.2, 0) is 0 Å². The molecular formula is C15H16N6. The molecule has 1 saturated heterocycles. The Hall–Kier alpha value is -2.47. The van der Waals surface area contributed by atoms with Crippen molar-refractivity contribution < 1.29 is 0 Å². The van der Waals surface area contributed by atoms with Crippen LogP contribution in [0.3, 0.4) is 0 Å². The van der Waals surface area contributed by atoms with Gasteiger partial charge in [-0.1, -0.05) is 0 Å². The largest absolute Gasteiger partial charge is 0.350 e. The lowest BCUT2D eigenvalue weighted by molar-refractivity contribution is 0.781. The van der Waals surface area contributed by atoms with Crippen molar-refractivity contribution >= 4 is 17.0 Å². The molecule has 1 fully saturated rings. The number of fused-ring (bicyclic) bond motifs is 1. The molecule has 0 radical (unpaired) electrons. The molecule has 1 aliphatic heterocycles. The number of rotatable bonds is 3. The van der Waals surface area contributed by atoms with Gasteiger partial charge in [-0.25, -0.2) is 15.0 Å². The fourth-order valence-corrected chi connectivity index (χ4v) is 2.71. The van der Waals surface area contributed by atoms with E-state index in [2.05, 4.69) is 30.6 Å². The minimum absolute atomic E-state index is 0.407. The van der Waals surface area contributed by atoms with Crippen LogP contribution in [0.25, 0.3) is 22.3 Å². The topological polar surface area (TPSA) is 78.5 Å². The molecule has 6 heteroatoms. The van der Waals surface area contributed by atoms with Gasteiger partial charge in [0.25, 0.3) is 0 Å². The average Bonchev–Trinajstić information content (AvgIpc) is 3.16. The molecule has 3 N–H and O–H groups in total. The molecule has 4 rings (SSSR count). The first-order valence-corrected chi connectivity index (χ1v) is 7.13. The standard InChI is InChI=1S/C15H16N6/c1-2-11-12(9-19-14(11)17-5-1)13-4-7-18-15(21-13)20-10-3-6-16-8-10/h1-2,4-5,7,9-10,16H,3,6,8H2,(H,17,19)(H,18,20,21). The molecule has 4 heterocycles. The summed E-state index contributed by atoms with van der Waals surface area (Å²) in [5.74, 6) is 0.680. The highest BCUT2D eigenvalue weighted by Gasteiger charge is 2.15. The van der Waals surface area contributed by atoms with E-state index >= 15 is 0 Å². The van der Waals surface area contributed by atoms with Crippen LogP contribution in [0.15, 0.2) is 36.8 Å². The predicted octanol–water partition coefficient (Wildman–Crippen LogP) is 1.79. The van der Waals surface area contributed by atoms with Crippen molar-refractivity contribution in [3.05, 3.63) is 36.8 Å². The van der Waals surface area contributed by atoms with Crippen molar-refractivity contribution in [2.45, 2.75) is 12.5 Å². The van der Waals surface area contributed by atoms with E-state index in [9.17, 15) is 0 Å².